The van der Waals surface area contributed by atoms with Crippen LogP contribution in [0.15, 0.2) is 12.3 Å². The number of hydrazine groups is 1. The molecule has 1 amide bonds. The number of aryl methyl sites for hydroxylation is 1. The lowest BCUT2D eigenvalue weighted by Gasteiger charge is -2.09. The minimum atomic E-state index is -2.59. The number of hydrogen-bond donors (Lipinski definition) is 3. The Kier molecular flexibility index (Phi) is 4.12. The van der Waals surface area contributed by atoms with E-state index in [4.69, 9.17) is 5.84 Å². The highest BCUT2D eigenvalue weighted by molar-refractivity contribution is 5.99. The van der Waals surface area contributed by atoms with Crippen molar-refractivity contribution < 1.29 is 13.6 Å². The third-order valence-electron chi connectivity index (χ3n) is 1.86. The van der Waals surface area contributed by atoms with Crippen molar-refractivity contribution in [2.24, 2.45) is 5.84 Å². The molecule has 1 heterocycles. The minimum Gasteiger partial charge on any atom is -0.346 e. The van der Waals surface area contributed by atoms with E-state index in [9.17, 15) is 13.6 Å². The zero-order valence-corrected chi connectivity index (χ0v) is 8.63. The van der Waals surface area contributed by atoms with Crippen LogP contribution in [-0.2, 0) is 0 Å². The summed E-state index contributed by atoms with van der Waals surface area (Å²) >= 11 is 0. The third-order valence-corrected chi connectivity index (χ3v) is 1.86. The molecule has 0 atom stereocenters. The molecule has 0 spiro atoms. The van der Waals surface area contributed by atoms with E-state index in [1.807, 2.05) is 0 Å². The van der Waals surface area contributed by atoms with Crippen molar-refractivity contribution in [3.63, 3.8) is 0 Å². The van der Waals surface area contributed by atoms with Gasteiger partial charge in [-0.05, 0) is 13.0 Å². The van der Waals surface area contributed by atoms with E-state index in [0.717, 1.165) is 0 Å². The zero-order chi connectivity index (χ0) is 12.1. The van der Waals surface area contributed by atoms with E-state index >= 15 is 0 Å². The first kappa shape index (κ1) is 12.3. The molecular formula is C9H12F2N4O. The number of nitrogen functional groups attached to an aromatic ring is 1. The molecule has 0 aliphatic rings. The molecule has 0 saturated carbocycles. The molecule has 0 aliphatic carbocycles. The van der Waals surface area contributed by atoms with Crippen LogP contribution in [0.3, 0.4) is 0 Å². The molecule has 0 aliphatic heterocycles. The largest absolute Gasteiger partial charge is 0.346 e. The van der Waals surface area contributed by atoms with Gasteiger partial charge in [0.2, 0.25) is 0 Å². The first-order chi connectivity index (χ1) is 7.54. The summed E-state index contributed by atoms with van der Waals surface area (Å²) in [4.78, 5) is 15.4. The molecule has 0 fully saturated rings. The summed E-state index contributed by atoms with van der Waals surface area (Å²) in [5.41, 5.74) is 3.46. The number of nitrogens with zero attached hydrogens (tertiary/aromatic N) is 1. The SMILES string of the molecule is Cc1cc(NN)c(C(=O)NCC(F)F)cn1. The summed E-state index contributed by atoms with van der Waals surface area (Å²) in [5.74, 6) is 4.57. The van der Waals surface area contributed by atoms with Crippen LogP contribution in [0.25, 0.3) is 0 Å². The van der Waals surface area contributed by atoms with Gasteiger partial charge >= 0.3 is 0 Å². The van der Waals surface area contributed by atoms with E-state index in [1.165, 1.54) is 6.20 Å². The van der Waals surface area contributed by atoms with Crippen LogP contribution in [0.4, 0.5) is 14.5 Å². The Bertz CT molecular complexity index is 384. The van der Waals surface area contributed by atoms with Crippen LogP contribution in [0, 0.1) is 6.92 Å². The summed E-state index contributed by atoms with van der Waals surface area (Å²) in [5, 5.41) is 2.07. The molecule has 5 nitrogen and oxygen atoms in total. The van der Waals surface area contributed by atoms with Gasteiger partial charge in [0, 0.05) is 11.9 Å². The number of carbonyl (C=O) groups is 1. The average molecular weight is 230 g/mol. The lowest BCUT2D eigenvalue weighted by molar-refractivity contribution is 0.0892. The molecule has 0 bridgehead atoms. The van der Waals surface area contributed by atoms with Gasteiger partial charge in [-0.3, -0.25) is 15.6 Å². The number of hydrogen-bond acceptors (Lipinski definition) is 4. The summed E-state index contributed by atoms with van der Waals surface area (Å²) in [6.07, 6.45) is -1.30. The molecule has 0 unspecified atom stereocenters. The van der Waals surface area contributed by atoms with Gasteiger partial charge in [0.15, 0.2) is 0 Å². The first-order valence-corrected chi connectivity index (χ1v) is 4.54. The molecule has 7 heteroatoms. The zero-order valence-electron chi connectivity index (χ0n) is 8.63. The average Bonchev–Trinajstić information content (AvgIpc) is 2.25. The standard InChI is InChI=1S/C9H12F2N4O/c1-5-2-7(15-12)6(3-13-5)9(16)14-4-8(10)11/h2-3,8H,4,12H2,1H3,(H,13,15)(H,14,16). The highest BCUT2D eigenvalue weighted by Gasteiger charge is 2.13. The fraction of sp³-hybridized carbons (Fsp3) is 0.333. The van der Waals surface area contributed by atoms with Gasteiger partial charge in [0.1, 0.15) is 0 Å². The van der Waals surface area contributed by atoms with E-state index in [1.54, 1.807) is 13.0 Å². The van der Waals surface area contributed by atoms with Crippen LogP contribution in [-0.4, -0.2) is 23.9 Å². The van der Waals surface area contributed by atoms with Gasteiger partial charge in [0.25, 0.3) is 12.3 Å². The molecule has 88 valence electrons. The third kappa shape index (κ3) is 3.13. The van der Waals surface area contributed by atoms with E-state index in [2.05, 4.69) is 15.7 Å². The van der Waals surface area contributed by atoms with E-state index < -0.39 is 18.9 Å². The van der Waals surface area contributed by atoms with Gasteiger partial charge in [-0.2, -0.15) is 0 Å². The lowest BCUT2D eigenvalue weighted by atomic mass is 10.2. The van der Waals surface area contributed by atoms with Gasteiger partial charge in [-0.15, -0.1) is 0 Å². The highest BCUT2D eigenvalue weighted by Crippen LogP contribution is 2.14. The van der Waals surface area contributed by atoms with Gasteiger partial charge < -0.3 is 10.7 Å². The minimum absolute atomic E-state index is 0.133. The number of halogens is 2. The molecule has 0 radical (unpaired) electrons. The fourth-order valence-corrected chi connectivity index (χ4v) is 1.13. The molecule has 0 aromatic carbocycles. The quantitative estimate of drug-likeness (QED) is 0.524. The summed E-state index contributed by atoms with van der Waals surface area (Å²) in [6, 6.07) is 1.55. The Morgan fingerprint density at radius 1 is 1.62 bits per heavy atom. The Balaban J connectivity index is 2.82. The van der Waals surface area contributed by atoms with Crippen molar-refractivity contribution in [3.8, 4) is 0 Å². The smallest absolute Gasteiger partial charge is 0.255 e. The molecule has 16 heavy (non-hydrogen) atoms. The maximum atomic E-state index is 11.9. The number of nitrogens with one attached hydrogen (secondary N) is 2. The van der Waals surface area contributed by atoms with E-state index in [-0.39, 0.29) is 5.56 Å². The Morgan fingerprint density at radius 3 is 2.88 bits per heavy atom. The predicted octanol–water partition coefficient (Wildman–Crippen LogP) is 0.671. The number of amides is 1. The first-order valence-electron chi connectivity index (χ1n) is 4.54. The second-order valence-electron chi connectivity index (χ2n) is 3.12. The van der Waals surface area contributed by atoms with Crippen molar-refractivity contribution >= 4 is 11.6 Å². The summed E-state index contributed by atoms with van der Waals surface area (Å²) in [7, 11) is 0. The number of anilines is 1. The highest BCUT2D eigenvalue weighted by atomic mass is 19.3. The lowest BCUT2D eigenvalue weighted by Crippen LogP contribution is -2.29. The molecular weight excluding hydrogens is 218 g/mol. The predicted molar refractivity (Wildman–Crippen MR) is 55.1 cm³/mol. The van der Waals surface area contributed by atoms with Gasteiger partial charge in [-0.25, -0.2) is 8.78 Å². The second-order valence-corrected chi connectivity index (χ2v) is 3.12. The van der Waals surface area contributed by atoms with Crippen LogP contribution in [0.1, 0.15) is 16.1 Å². The van der Waals surface area contributed by atoms with Crippen molar-refractivity contribution in [2.75, 3.05) is 12.0 Å². The Hall–Kier alpha value is -1.76. The van der Waals surface area contributed by atoms with Crippen LogP contribution in [0.5, 0.6) is 0 Å². The number of nitrogens with two attached hydrogens (primary N) is 1. The van der Waals surface area contributed by atoms with Crippen molar-refractivity contribution in [1.82, 2.24) is 10.3 Å². The Morgan fingerprint density at radius 2 is 2.31 bits per heavy atom. The monoisotopic (exact) mass is 230 g/mol. The Labute approximate surface area is 91.0 Å². The maximum absolute atomic E-state index is 11.9. The molecule has 1 aromatic heterocycles. The van der Waals surface area contributed by atoms with Crippen molar-refractivity contribution in [2.45, 2.75) is 13.3 Å². The fourth-order valence-electron chi connectivity index (χ4n) is 1.13. The van der Waals surface area contributed by atoms with Crippen LogP contribution in [0.2, 0.25) is 0 Å². The molecule has 1 aromatic rings. The topological polar surface area (TPSA) is 80.0 Å². The number of rotatable bonds is 4. The molecule has 1 rings (SSSR count). The summed E-state index contributed by atoms with van der Waals surface area (Å²) in [6.45, 7) is 1.03. The maximum Gasteiger partial charge on any atom is 0.255 e. The normalized spacial score (nSPS) is 10.3. The summed E-state index contributed by atoms with van der Waals surface area (Å²) < 4.78 is 23.8. The number of carbonyl (C=O) groups excluding carboxylic acids is 1. The van der Waals surface area contributed by atoms with Crippen LogP contribution < -0.4 is 16.6 Å². The van der Waals surface area contributed by atoms with E-state index in [0.29, 0.717) is 11.4 Å². The van der Waals surface area contributed by atoms with Crippen LogP contribution >= 0.6 is 0 Å². The number of aromatic nitrogens is 1. The van der Waals surface area contributed by atoms with Crippen molar-refractivity contribution in [1.29, 1.82) is 0 Å². The van der Waals surface area contributed by atoms with Gasteiger partial charge in [0.05, 0.1) is 17.8 Å². The number of pyridine rings is 1. The molecule has 4 N–H and O–H groups in total. The number of alkyl halides is 2. The van der Waals surface area contributed by atoms with Gasteiger partial charge in [-0.1, -0.05) is 0 Å². The van der Waals surface area contributed by atoms with Crippen molar-refractivity contribution in [3.05, 3.63) is 23.5 Å². The molecule has 0 saturated heterocycles. The second kappa shape index (κ2) is 5.36.